The van der Waals surface area contributed by atoms with E-state index in [9.17, 15) is 0 Å². The first-order valence-electron chi connectivity index (χ1n) is 5.15. The number of likely N-dealkylation sites (tertiary alicyclic amines) is 1. The van der Waals surface area contributed by atoms with Gasteiger partial charge in [0, 0.05) is 11.9 Å². The summed E-state index contributed by atoms with van der Waals surface area (Å²) in [7, 11) is 2.21. The lowest BCUT2D eigenvalue weighted by Crippen LogP contribution is -2.30. The van der Waals surface area contributed by atoms with Crippen molar-refractivity contribution in [3.63, 3.8) is 0 Å². The van der Waals surface area contributed by atoms with Gasteiger partial charge in [0.1, 0.15) is 0 Å². The topological polar surface area (TPSA) is 19.0 Å². The number of piperidine rings is 1. The van der Waals surface area contributed by atoms with Crippen molar-refractivity contribution >= 4 is 0 Å². The first-order chi connectivity index (χ1) is 6.34. The SMILES string of the molecule is CN1CCC(Cc2ccc[nH]2)CC1. The Balaban J connectivity index is 1.83. The molecule has 2 heteroatoms. The maximum Gasteiger partial charge on any atom is 0.0149 e. The lowest BCUT2D eigenvalue weighted by atomic mass is 9.92. The van der Waals surface area contributed by atoms with Crippen LogP contribution in [0, 0.1) is 5.92 Å². The van der Waals surface area contributed by atoms with Gasteiger partial charge < -0.3 is 9.88 Å². The molecular formula is C11H18N2. The molecule has 0 aliphatic carbocycles. The summed E-state index contributed by atoms with van der Waals surface area (Å²) in [6.07, 6.45) is 5.97. The summed E-state index contributed by atoms with van der Waals surface area (Å²) < 4.78 is 0. The Hall–Kier alpha value is -0.760. The largest absolute Gasteiger partial charge is 0.365 e. The maximum absolute atomic E-state index is 3.28. The summed E-state index contributed by atoms with van der Waals surface area (Å²) in [5.74, 6) is 0.898. The average molecular weight is 178 g/mol. The van der Waals surface area contributed by atoms with E-state index in [0.717, 1.165) is 5.92 Å². The van der Waals surface area contributed by atoms with E-state index in [1.165, 1.54) is 38.0 Å². The standard InChI is InChI=1S/C11H18N2/c1-13-7-4-10(5-8-13)9-11-3-2-6-12-11/h2-3,6,10,12H,4-5,7-9H2,1H3. The van der Waals surface area contributed by atoms with Gasteiger partial charge in [0.25, 0.3) is 0 Å². The molecular weight excluding hydrogens is 160 g/mol. The van der Waals surface area contributed by atoms with Crippen LogP contribution in [0.25, 0.3) is 0 Å². The molecule has 1 fully saturated rings. The molecule has 0 unspecified atom stereocenters. The van der Waals surface area contributed by atoms with Gasteiger partial charge in [-0.3, -0.25) is 0 Å². The van der Waals surface area contributed by atoms with E-state index in [1.807, 2.05) is 6.20 Å². The molecule has 0 bridgehead atoms. The highest BCUT2D eigenvalue weighted by Gasteiger charge is 2.16. The third-order valence-electron chi connectivity index (χ3n) is 3.01. The quantitative estimate of drug-likeness (QED) is 0.733. The average Bonchev–Trinajstić information content (AvgIpc) is 2.62. The summed E-state index contributed by atoms with van der Waals surface area (Å²) in [6, 6.07) is 4.28. The molecule has 1 aromatic heterocycles. The summed E-state index contributed by atoms with van der Waals surface area (Å²) in [5.41, 5.74) is 1.40. The van der Waals surface area contributed by atoms with Crippen LogP contribution in [0.2, 0.25) is 0 Å². The fourth-order valence-electron chi connectivity index (χ4n) is 2.07. The Morgan fingerprint density at radius 1 is 1.46 bits per heavy atom. The van der Waals surface area contributed by atoms with Gasteiger partial charge in [-0.2, -0.15) is 0 Å². The zero-order valence-electron chi connectivity index (χ0n) is 8.29. The van der Waals surface area contributed by atoms with Gasteiger partial charge in [-0.15, -0.1) is 0 Å². The highest BCUT2D eigenvalue weighted by Crippen LogP contribution is 2.19. The van der Waals surface area contributed by atoms with Crippen molar-refractivity contribution in [1.29, 1.82) is 0 Å². The highest BCUT2D eigenvalue weighted by atomic mass is 15.1. The second-order valence-electron chi connectivity index (χ2n) is 4.15. The molecule has 72 valence electrons. The van der Waals surface area contributed by atoms with Crippen molar-refractivity contribution in [1.82, 2.24) is 9.88 Å². The van der Waals surface area contributed by atoms with Crippen LogP contribution >= 0.6 is 0 Å². The summed E-state index contributed by atoms with van der Waals surface area (Å²) in [4.78, 5) is 5.70. The van der Waals surface area contributed by atoms with Crippen molar-refractivity contribution in [2.45, 2.75) is 19.3 Å². The number of nitrogens with one attached hydrogen (secondary N) is 1. The fraction of sp³-hybridized carbons (Fsp3) is 0.636. The number of H-pyrrole nitrogens is 1. The number of hydrogen-bond acceptors (Lipinski definition) is 1. The third-order valence-corrected chi connectivity index (χ3v) is 3.01. The van der Waals surface area contributed by atoms with Crippen LogP contribution in [0.5, 0.6) is 0 Å². The minimum atomic E-state index is 0.898. The smallest absolute Gasteiger partial charge is 0.0149 e. The number of rotatable bonds is 2. The molecule has 0 atom stereocenters. The van der Waals surface area contributed by atoms with Crippen molar-refractivity contribution in [2.24, 2.45) is 5.92 Å². The van der Waals surface area contributed by atoms with Gasteiger partial charge in [0.15, 0.2) is 0 Å². The Morgan fingerprint density at radius 2 is 2.23 bits per heavy atom. The van der Waals surface area contributed by atoms with E-state index in [1.54, 1.807) is 0 Å². The van der Waals surface area contributed by atoms with Gasteiger partial charge >= 0.3 is 0 Å². The van der Waals surface area contributed by atoms with Crippen LogP contribution in [0.15, 0.2) is 18.3 Å². The van der Waals surface area contributed by atoms with E-state index in [0.29, 0.717) is 0 Å². The third kappa shape index (κ3) is 2.34. The molecule has 0 aromatic carbocycles. The Bertz CT molecular complexity index is 233. The molecule has 1 aliphatic rings. The zero-order chi connectivity index (χ0) is 9.10. The van der Waals surface area contributed by atoms with Crippen molar-refractivity contribution in [3.8, 4) is 0 Å². The molecule has 1 aliphatic heterocycles. The van der Waals surface area contributed by atoms with Crippen molar-refractivity contribution < 1.29 is 0 Å². The van der Waals surface area contributed by atoms with Crippen LogP contribution < -0.4 is 0 Å². The first kappa shape index (κ1) is 8.82. The van der Waals surface area contributed by atoms with E-state index in [-0.39, 0.29) is 0 Å². The lowest BCUT2D eigenvalue weighted by Gasteiger charge is -2.28. The van der Waals surface area contributed by atoms with Gasteiger partial charge in [0.2, 0.25) is 0 Å². The predicted octanol–water partition coefficient (Wildman–Crippen LogP) is 1.90. The van der Waals surface area contributed by atoms with Crippen LogP contribution in [-0.2, 0) is 6.42 Å². The van der Waals surface area contributed by atoms with E-state index < -0.39 is 0 Å². The molecule has 0 spiro atoms. The molecule has 1 N–H and O–H groups in total. The molecule has 0 amide bonds. The van der Waals surface area contributed by atoms with Crippen LogP contribution in [0.3, 0.4) is 0 Å². The molecule has 0 saturated carbocycles. The minimum absolute atomic E-state index is 0.898. The van der Waals surface area contributed by atoms with Gasteiger partial charge in [-0.1, -0.05) is 0 Å². The summed E-state index contributed by atoms with van der Waals surface area (Å²) in [5, 5.41) is 0. The second kappa shape index (κ2) is 3.97. The van der Waals surface area contributed by atoms with Crippen LogP contribution in [0.1, 0.15) is 18.5 Å². The van der Waals surface area contributed by atoms with Gasteiger partial charge in [0.05, 0.1) is 0 Å². The molecule has 13 heavy (non-hydrogen) atoms. The molecule has 2 rings (SSSR count). The molecule has 1 saturated heterocycles. The zero-order valence-corrected chi connectivity index (χ0v) is 8.29. The fourth-order valence-corrected chi connectivity index (χ4v) is 2.07. The molecule has 2 nitrogen and oxygen atoms in total. The van der Waals surface area contributed by atoms with Gasteiger partial charge in [-0.25, -0.2) is 0 Å². The predicted molar refractivity (Wildman–Crippen MR) is 54.7 cm³/mol. The Kier molecular flexibility index (Phi) is 2.69. The van der Waals surface area contributed by atoms with Gasteiger partial charge in [-0.05, 0) is 57.5 Å². The molecule has 1 aromatic rings. The molecule has 0 radical (unpaired) electrons. The summed E-state index contributed by atoms with van der Waals surface area (Å²) in [6.45, 7) is 2.54. The van der Waals surface area contributed by atoms with Crippen LogP contribution in [0.4, 0.5) is 0 Å². The van der Waals surface area contributed by atoms with Crippen molar-refractivity contribution in [3.05, 3.63) is 24.0 Å². The Labute approximate surface area is 79.9 Å². The second-order valence-corrected chi connectivity index (χ2v) is 4.15. The highest BCUT2D eigenvalue weighted by molar-refractivity contribution is 5.04. The van der Waals surface area contributed by atoms with Crippen molar-refractivity contribution in [2.75, 3.05) is 20.1 Å². The lowest BCUT2D eigenvalue weighted by molar-refractivity contribution is 0.218. The Morgan fingerprint density at radius 3 is 2.85 bits per heavy atom. The normalized spacial score (nSPS) is 20.7. The van der Waals surface area contributed by atoms with E-state index >= 15 is 0 Å². The molecule has 2 heterocycles. The number of nitrogens with zero attached hydrogens (tertiary/aromatic N) is 1. The summed E-state index contributed by atoms with van der Waals surface area (Å²) >= 11 is 0. The number of aromatic nitrogens is 1. The number of hydrogen-bond donors (Lipinski definition) is 1. The van der Waals surface area contributed by atoms with E-state index in [4.69, 9.17) is 0 Å². The van der Waals surface area contributed by atoms with E-state index in [2.05, 4.69) is 29.1 Å². The monoisotopic (exact) mass is 178 g/mol. The van der Waals surface area contributed by atoms with Crippen LogP contribution in [-0.4, -0.2) is 30.0 Å². The first-order valence-corrected chi connectivity index (χ1v) is 5.15. The number of aromatic amines is 1. The maximum atomic E-state index is 3.28. The minimum Gasteiger partial charge on any atom is -0.365 e.